The molecule has 1 heterocycles. The third kappa shape index (κ3) is 2.43. The molecule has 0 bridgehead atoms. The second-order valence-corrected chi connectivity index (χ2v) is 4.20. The Balaban J connectivity index is 2.24. The Hall–Kier alpha value is -0.905. The summed E-state index contributed by atoms with van der Waals surface area (Å²) < 4.78 is 13.3. The SMILES string of the molecule is OB(O)c1cc(C2CCCNC2)ccc1F. The molecule has 0 aliphatic carbocycles. The fourth-order valence-corrected chi connectivity index (χ4v) is 2.15. The Labute approximate surface area is 94.4 Å². The van der Waals surface area contributed by atoms with Gasteiger partial charge in [0.2, 0.25) is 0 Å². The largest absolute Gasteiger partial charge is 0.491 e. The van der Waals surface area contributed by atoms with Gasteiger partial charge < -0.3 is 15.4 Å². The molecule has 1 aliphatic heterocycles. The minimum Gasteiger partial charge on any atom is -0.423 e. The maximum atomic E-state index is 13.3. The van der Waals surface area contributed by atoms with Gasteiger partial charge in [0.05, 0.1) is 0 Å². The molecular weight excluding hydrogens is 208 g/mol. The van der Waals surface area contributed by atoms with Crippen LogP contribution in [0.5, 0.6) is 0 Å². The molecule has 0 amide bonds. The molecule has 1 unspecified atom stereocenters. The Kier molecular flexibility index (Phi) is 3.58. The minimum absolute atomic E-state index is 0.0388. The molecule has 1 aromatic carbocycles. The summed E-state index contributed by atoms with van der Waals surface area (Å²) in [5, 5.41) is 21.3. The van der Waals surface area contributed by atoms with Gasteiger partial charge in [0, 0.05) is 12.0 Å². The van der Waals surface area contributed by atoms with Gasteiger partial charge in [-0.1, -0.05) is 12.1 Å². The molecule has 2 rings (SSSR count). The van der Waals surface area contributed by atoms with E-state index in [1.54, 1.807) is 12.1 Å². The molecule has 0 spiro atoms. The van der Waals surface area contributed by atoms with Crippen molar-refractivity contribution in [2.45, 2.75) is 18.8 Å². The van der Waals surface area contributed by atoms with Crippen molar-refractivity contribution in [1.29, 1.82) is 0 Å². The molecule has 16 heavy (non-hydrogen) atoms. The van der Waals surface area contributed by atoms with Crippen LogP contribution >= 0.6 is 0 Å². The van der Waals surface area contributed by atoms with E-state index in [2.05, 4.69) is 5.32 Å². The topological polar surface area (TPSA) is 52.5 Å². The summed E-state index contributed by atoms with van der Waals surface area (Å²) in [5.41, 5.74) is 0.930. The molecule has 0 radical (unpaired) electrons. The van der Waals surface area contributed by atoms with Gasteiger partial charge in [-0.15, -0.1) is 0 Å². The lowest BCUT2D eigenvalue weighted by molar-refractivity contribution is 0.422. The maximum absolute atomic E-state index is 13.3. The zero-order valence-electron chi connectivity index (χ0n) is 8.99. The highest BCUT2D eigenvalue weighted by molar-refractivity contribution is 6.58. The highest BCUT2D eigenvalue weighted by Crippen LogP contribution is 2.22. The third-order valence-corrected chi connectivity index (χ3v) is 3.07. The first-order valence-corrected chi connectivity index (χ1v) is 5.54. The van der Waals surface area contributed by atoms with Gasteiger partial charge in [-0.05, 0) is 36.9 Å². The summed E-state index contributed by atoms with van der Waals surface area (Å²) in [6, 6.07) is 4.58. The smallest absolute Gasteiger partial charge is 0.423 e. The van der Waals surface area contributed by atoms with Crippen molar-refractivity contribution in [3.8, 4) is 0 Å². The fraction of sp³-hybridized carbons (Fsp3) is 0.455. The van der Waals surface area contributed by atoms with Crippen LogP contribution in [0.25, 0.3) is 0 Å². The second kappa shape index (κ2) is 4.95. The minimum atomic E-state index is -1.74. The maximum Gasteiger partial charge on any atom is 0.491 e. The molecule has 1 aliphatic rings. The molecule has 1 atom stereocenters. The predicted molar refractivity (Wildman–Crippen MR) is 61.1 cm³/mol. The van der Waals surface area contributed by atoms with Crippen LogP contribution in [0.2, 0.25) is 0 Å². The summed E-state index contributed by atoms with van der Waals surface area (Å²) in [7, 11) is -1.74. The van der Waals surface area contributed by atoms with E-state index in [0.29, 0.717) is 5.92 Å². The van der Waals surface area contributed by atoms with Gasteiger partial charge in [0.1, 0.15) is 5.82 Å². The molecule has 5 heteroatoms. The Morgan fingerprint density at radius 1 is 1.38 bits per heavy atom. The average Bonchev–Trinajstić information content (AvgIpc) is 2.30. The van der Waals surface area contributed by atoms with E-state index < -0.39 is 12.9 Å². The van der Waals surface area contributed by atoms with E-state index in [9.17, 15) is 4.39 Å². The normalized spacial score (nSPS) is 20.8. The Morgan fingerprint density at radius 2 is 2.19 bits per heavy atom. The summed E-state index contributed by atoms with van der Waals surface area (Å²) in [6.07, 6.45) is 2.15. The number of nitrogens with one attached hydrogen (secondary N) is 1. The molecule has 3 N–H and O–H groups in total. The summed E-state index contributed by atoms with van der Waals surface area (Å²) >= 11 is 0. The summed E-state index contributed by atoms with van der Waals surface area (Å²) in [6.45, 7) is 1.89. The van der Waals surface area contributed by atoms with Gasteiger partial charge in [-0.2, -0.15) is 0 Å². The molecule has 0 saturated carbocycles. The van der Waals surface area contributed by atoms with Crippen LogP contribution in [0.4, 0.5) is 4.39 Å². The monoisotopic (exact) mass is 223 g/mol. The summed E-state index contributed by atoms with van der Waals surface area (Å²) in [4.78, 5) is 0. The highest BCUT2D eigenvalue weighted by Gasteiger charge is 2.20. The first-order chi connectivity index (χ1) is 7.68. The lowest BCUT2D eigenvalue weighted by atomic mass is 9.77. The van der Waals surface area contributed by atoms with Crippen molar-refractivity contribution in [1.82, 2.24) is 5.32 Å². The molecule has 3 nitrogen and oxygen atoms in total. The van der Waals surface area contributed by atoms with E-state index in [4.69, 9.17) is 10.0 Å². The third-order valence-electron chi connectivity index (χ3n) is 3.07. The molecule has 1 fully saturated rings. The number of benzene rings is 1. The van der Waals surface area contributed by atoms with Gasteiger partial charge in [0.15, 0.2) is 0 Å². The van der Waals surface area contributed by atoms with Gasteiger partial charge in [-0.25, -0.2) is 4.39 Å². The van der Waals surface area contributed by atoms with Crippen LogP contribution in [-0.2, 0) is 0 Å². The quantitative estimate of drug-likeness (QED) is 0.617. The van der Waals surface area contributed by atoms with Gasteiger partial charge in [0.25, 0.3) is 0 Å². The number of rotatable bonds is 2. The Bertz CT molecular complexity index is 367. The first-order valence-electron chi connectivity index (χ1n) is 5.54. The van der Waals surface area contributed by atoms with Crippen molar-refractivity contribution < 1.29 is 14.4 Å². The van der Waals surface area contributed by atoms with E-state index >= 15 is 0 Å². The van der Waals surface area contributed by atoms with E-state index in [-0.39, 0.29) is 5.46 Å². The fourth-order valence-electron chi connectivity index (χ4n) is 2.15. The van der Waals surface area contributed by atoms with Gasteiger partial charge in [-0.3, -0.25) is 0 Å². The molecule has 1 saturated heterocycles. The average molecular weight is 223 g/mol. The standard InChI is InChI=1S/C11H15BFNO2/c13-11-4-3-8(6-10(11)12(15)16)9-2-1-5-14-7-9/h3-4,6,9,14-16H,1-2,5,7H2. The van der Waals surface area contributed by atoms with Crippen molar-refractivity contribution in [2.24, 2.45) is 0 Å². The van der Waals surface area contributed by atoms with Crippen LogP contribution < -0.4 is 10.8 Å². The Morgan fingerprint density at radius 3 is 2.81 bits per heavy atom. The highest BCUT2D eigenvalue weighted by atomic mass is 19.1. The second-order valence-electron chi connectivity index (χ2n) is 4.20. The lowest BCUT2D eigenvalue weighted by Gasteiger charge is -2.23. The van der Waals surface area contributed by atoms with E-state index in [1.165, 1.54) is 6.07 Å². The van der Waals surface area contributed by atoms with Crippen molar-refractivity contribution >= 4 is 12.6 Å². The number of hydrogen-bond acceptors (Lipinski definition) is 3. The zero-order valence-corrected chi connectivity index (χ0v) is 8.99. The van der Waals surface area contributed by atoms with Gasteiger partial charge >= 0.3 is 7.12 Å². The molecular formula is C11H15BFNO2. The number of halogens is 1. The van der Waals surface area contributed by atoms with Crippen LogP contribution in [0, 0.1) is 5.82 Å². The van der Waals surface area contributed by atoms with Crippen LogP contribution in [0.3, 0.4) is 0 Å². The van der Waals surface area contributed by atoms with Crippen molar-refractivity contribution in [2.75, 3.05) is 13.1 Å². The predicted octanol–water partition coefficient (Wildman–Crippen LogP) is -0.0275. The molecule has 86 valence electrons. The molecule has 0 aromatic heterocycles. The number of piperidine rings is 1. The van der Waals surface area contributed by atoms with E-state index in [1.807, 2.05) is 0 Å². The van der Waals surface area contributed by atoms with Crippen molar-refractivity contribution in [3.05, 3.63) is 29.6 Å². The summed E-state index contributed by atoms with van der Waals surface area (Å²) in [5.74, 6) is -0.227. The zero-order chi connectivity index (χ0) is 11.5. The van der Waals surface area contributed by atoms with Crippen LogP contribution in [0.15, 0.2) is 18.2 Å². The lowest BCUT2D eigenvalue weighted by Crippen LogP contribution is -2.34. The van der Waals surface area contributed by atoms with E-state index in [0.717, 1.165) is 31.5 Å². The van der Waals surface area contributed by atoms with Crippen LogP contribution in [-0.4, -0.2) is 30.3 Å². The van der Waals surface area contributed by atoms with Crippen molar-refractivity contribution in [3.63, 3.8) is 0 Å². The first kappa shape index (κ1) is 11.6. The number of hydrogen-bond donors (Lipinski definition) is 3. The van der Waals surface area contributed by atoms with Crippen LogP contribution in [0.1, 0.15) is 24.3 Å². The molecule has 1 aromatic rings.